The summed E-state index contributed by atoms with van der Waals surface area (Å²) in [5, 5.41) is 6.63. The molecule has 1 fully saturated rings. The first-order valence-corrected chi connectivity index (χ1v) is 10.3. The molecule has 0 spiro atoms. The van der Waals surface area contributed by atoms with Gasteiger partial charge in [0.1, 0.15) is 5.82 Å². The van der Waals surface area contributed by atoms with Crippen LogP contribution >= 0.6 is 23.2 Å². The average Bonchev–Trinajstić information content (AvgIpc) is 3.11. The molecule has 0 amide bonds. The minimum atomic E-state index is 0.454. The van der Waals surface area contributed by atoms with Crippen molar-refractivity contribution in [2.24, 2.45) is 0 Å². The standard InChI is InChI=1S/C21H18Cl2N6O/c22-14-4-6-16(7-5-14)29-19(24)17-18(13-2-1-3-15(23)12-13)25-21(26-20(17)27-29)28-8-10-30-11-9-28/h1-7,12H,8-11,24H2. The minimum absolute atomic E-state index is 0.454. The molecule has 30 heavy (non-hydrogen) atoms. The normalized spacial score (nSPS) is 14.4. The Hall–Kier alpha value is -2.87. The minimum Gasteiger partial charge on any atom is -0.383 e. The Morgan fingerprint density at radius 3 is 2.43 bits per heavy atom. The van der Waals surface area contributed by atoms with E-state index in [1.54, 1.807) is 16.8 Å². The Labute approximate surface area is 183 Å². The molecule has 3 heterocycles. The second-order valence-electron chi connectivity index (χ2n) is 6.95. The number of fused-ring (bicyclic) bond motifs is 1. The van der Waals surface area contributed by atoms with Crippen LogP contribution in [0, 0.1) is 0 Å². The number of nitrogens with zero attached hydrogens (tertiary/aromatic N) is 5. The van der Waals surface area contributed by atoms with Crippen molar-refractivity contribution in [3.63, 3.8) is 0 Å². The van der Waals surface area contributed by atoms with Crippen molar-refractivity contribution in [3.8, 4) is 16.9 Å². The molecule has 0 bridgehead atoms. The molecule has 5 rings (SSSR count). The first kappa shape index (κ1) is 19.1. The molecular weight excluding hydrogens is 423 g/mol. The Morgan fingerprint density at radius 1 is 0.933 bits per heavy atom. The molecule has 2 aromatic heterocycles. The molecule has 152 valence electrons. The lowest BCUT2D eigenvalue weighted by Crippen LogP contribution is -2.37. The number of nitrogen functional groups attached to an aromatic ring is 1. The summed E-state index contributed by atoms with van der Waals surface area (Å²) in [4.78, 5) is 11.7. The van der Waals surface area contributed by atoms with Crippen molar-refractivity contribution in [2.75, 3.05) is 36.9 Å². The van der Waals surface area contributed by atoms with E-state index in [4.69, 9.17) is 43.6 Å². The maximum atomic E-state index is 6.53. The highest BCUT2D eigenvalue weighted by molar-refractivity contribution is 6.31. The Morgan fingerprint density at radius 2 is 1.70 bits per heavy atom. The van der Waals surface area contributed by atoms with Crippen LogP contribution in [0.25, 0.3) is 28.0 Å². The smallest absolute Gasteiger partial charge is 0.228 e. The van der Waals surface area contributed by atoms with Crippen LogP contribution in [0.15, 0.2) is 48.5 Å². The third-order valence-electron chi connectivity index (χ3n) is 5.02. The molecule has 0 radical (unpaired) electrons. The number of anilines is 2. The zero-order valence-corrected chi connectivity index (χ0v) is 17.4. The Bertz CT molecular complexity index is 1220. The maximum Gasteiger partial charge on any atom is 0.228 e. The lowest BCUT2D eigenvalue weighted by Gasteiger charge is -2.27. The molecule has 2 N–H and O–H groups in total. The third-order valence-corrected chi connectivity index (χ3v) is 5.51. The highest BCUT2D eigenvalue weighted by Gasteiger charge is 2.22. The van der Waals surface area contributed by atoms with Gasteiger partial charge in [0.25, 0.3) is 0 Å². The first-order chi connectivity index (χ1) is 14.6. The zero-order chi connectivity index (χ0) is 20.7. The van der Waals surface area contributed by atoms with Gasteiger partial charge in [0.05, 0.1) is 30.0 Å². The van der Waals surface area contributed by atoms with Crippen molar-refractivity contribution in [1.82, 2.24) is 19.7 Å². The number of morpholine rings is 1. The fraction of sp³-hybridized carbons (Fsp3) is 0.190. The van der Waals surface area contributed by atoms with Gasteiger partial charge in [0.15, 0.2) is 5.65 Å². The van der Waals surface area contributed by atoms with Gasteiger partial charge in [-0.05, 0) is 36.4 Å². The average molecular weight is 441 g/mol. The molecule has 9 heteroatoms. The zero-order valence-electron chi connectivity index (χ0n) is 15.9. The van der Waals surface area contributed by atoms with E-state index in [0.717, 1.165) is 11.3 Å². The number of nitrogens with two attached hydrogens (primary N) is 1. The maximum absolute atomic E-state index is 6.53. The fourth-order valence-electron chi connectivity index (χ4n) is 3.53. The molecule has 0 unspecified atom stereocenters. The summed E-state index contributed by atoms with van der Waals surface area (Å²) in [7, 11) is 0. The van der Waals surface area contributed by atoms with Gasteiger partial charge in [-0.25, -0.2) is 9.67 Å². The Kier molecular flexibility index (Phi) is 4.94. The van der Waals surface area contributed by atoms with Crippen LogP contribution in [0.2, 0.25) is 10.0 Å². The van der Waals surface area contributed by atoms with Crippen molar-refractivity contribution in [1.29, 1.82) is 0 Å². The van der Waals surface area contributed by atoms with Crippen molar-refractivity contribution >= 4 is 46.0 Å². The van der Waals surface area contributed by atoms with E-state index in [0.29, 0.717) is 64.8 Å². The summed E-state index contributed by atoms with van der Waals surface area (Å²) < 4.78 is 7.12. The van der Waals surface area contributed by atoms with Crippen LogP contribution in [0.4, 0.5) is 11.8 Å². The van der Waals surface area contributed by atoms with Gasteiger partial charge in [-0.3, -0.25) is 0 Å². The molecule has 1 saturated heterocycles. The summed E-state index contributed by atoms with van der Waals surface area (Å²) in [5.41, 5.74) is 9.40. The van der Waals surface area contributed by atoms with Crippen molar-refractivity contribution in [3.05, 3.63) is 58.6 Å². The van der Waals surface area contributed by atoms with Crippen LogP contribution in [0.1, 0.15) is 0 Å². The number of halogens is 2. The largest absolute Gasteiger partial charge is 0.383 e. The number of benzene rings is 2. The van der Waals surface area contributed by atoms with Gasteiger partial charge in [0, 0.05) is 28.7 Å². The monoisotopic (exact) mass is 440 g/mol. The van der Waals surface area contributed by atoms with E-state index in [1.165, 1.54) is 0 Å². The molecule has 0 atom stereocenters. The van der Waals surface area contributed by atoms with Crippen molar-refractivity contribution in [2.45, 2.75) is 0 Å². The number of hydrogen-bond donors (Lipinski definition) is 1. The van der Waals surface area contributed by atoms with E-state index in [-0.39, 0.29) is 0 Å². The molecule has 0 saturated carbocycles. The highest BCUT2D eigenvalue weighted by Crippen LogP contribution is 2.34. The predicted octanol–water partition coefficient (Wildman–Crippen LogP) is 4.21. The van der Waals surface area contributed by atoms with Gasteiger partial charge in [-0.1, -0.05) is 35.3 Å². The summed E-state index contributed by atoms with van der Waals surface area (Å²) in [5.74, 6) is 1.05. The van der Waals surface area contributed by atoms with Crippen molar-refractivity contribution < 1.29 is 4.74 Å². The van der Waals surface area contributed by atoms with E-state index >= 15 is 0 Å². The van der Waals surface area contributed by atoms with Gasteiger partial charge in [-0.2, -0.15) is 4.98 Å². The fourth-order valence-corrected chi connectivity index (χ4v) is 3.84. The van der Waals surface area contributed by atoms with E-state index < -0.39 is 0 Å². The second-order valence-corrected chi connectivity index (χ2v) is 7.83. The highest BCUT2D eigenvalue weighted by atomic mass is 35.5. The molecule has 2 aromatic carbocycles. The van der Waals surface area contributed by atoms with Gasteiger partial charge in [0.2, 0.25) is 5.95 Å². The summed E-state index contributed by atoms with van der Waals surface area (Å²) in [6.45, 7) is 2.70. The first-order valence-electron chi connectivity index (χ1n) is 9.51. The molecular formula is C21H18Cl2N6O. The summed E-state index contributed by atoms with van der Waals surface area (Å²) in [6, 6.07) is 14.9. The summed E-state index contributed by atoms with van der Waals surface area (Å²) >= 11 is 12.3. The van der Waals surface area contributed by atoms with Crippen LogP contribution in [0.5, 0.6) is 0 Å². The van der Waals surface area contributed by atoms with E-state index in [9.17, 15) is 0 Å². The second kappa shape index (κ2) is 7.75. The lowest BCUT2D eigenvalue weighted by atomic mass is 10.1. The van der Waals surface area contributed by atoms with Crippen LogP contribution < -0.4 is 10.6 Å². The van der Waals surface area contributed by atoms with Crippen LogP contribution in [-0.4, -0.2) is 46.1 Å². The number of ether oxygens (including phenoxy) is 1. The number of hydrogen-bond acceptors (Lipinski definition) is 6. The lowest BCUT2D eigenvalue weighted by molar-refractivity contribution is 0.122. The molecule has 1 aliphatic heterocycles. The molecule has 1 aliphatic rings. The SMILES string of the molecule is Nc1c2c(-c3cccc(Cl)c3)nc(N3CCOCC3)nc2nn1-c1ccc(Cl)cc1. The number of aromatic nitrogens is 4. The van der Waals surface area contributed by atoms with E-state index in [1.807, 2.05) is 36.4 Å². The van der Waals surface area contributed by atoms with Gasteiger partial charge >= 0.3 is 0 Å². The molecule has 7 nitrogen and oxygen atoms in total. The van der Waals surface area contributed by atoms with E-state index in [2.05, 4.69) is 10.00 Å². The van der Waals surface area contributed by atoms with Crippen LogP contribution in [-0.2, 0) is 4.74 Å². The molecule has 4 aromatic rings. The quantitative estimate of drug-likeness (QED) is 0.513. The van der Waals surface area contributed by atoms with Gasteiger partial charge < -0.3 is 15.4 Å². The topological polar surface area (TPSA) is 82.1 Å². The Balaban J connectivity index is 1.74. The predicted molar refractivity (Wildman–Crippen MR) is 120 cm³/mol. The molecule has 0 aliphatic carbocycles. The van der Waals surface area contributed by atoms with Gasteiger partial charge in [-0.15, -0.1) is 5.10 Å². The third kappa shape index (κ3) is 3.45. The summed E-state index contributed by atoms with van der Waals surface area (Å²) in [6.07, 6.45) is 0. The number of rotatable bonds is 3. The van der Waals surface area contributed by atoms with Crippen LogP contribution in [0.3, 0.4) is 0 Å².